The van der Waals surface area contributed by atoms with Gasteiger partial charge in [0.25, 0.3) is 0 Å². The van der Waals surface area contributed by atoms with Crippen molar-refractivity contribution in [1.29, 1.82) is 0 Å². The Kier molecular flexibility index (Phi) is 4.59. The van der Waals surface area contributed by atoms with E-state index in [0.717, 1.165) is 0 Å². The van der Waals surface area contributed by atoms with E-state index in [-0.39, 0.29) is 0 Å². The van der Waals surface area contributed by atoms with Crippen molar-refractivity contribution < 1.29 is 0 Å². The van der Waals surface area contributed by atoms with E-state index in [2.05, 4.69) is 17.8 Å². The zero-order valence-electron chi connectivity index (χ0n) is 3.38. The minimum atomic E-state index is 1.83. The molecule has 0 aliphatic rings. The third kappa shape index (κ3) is 5.19. The molecule has 0 amide bonds. The van der Waals surface area contributed by atoms with Crippen LogP contribution in [0.25, 0.3) is 0 Å². The zero-order chi connectivity index (χ0) is 5.54. The van der Waals surface area contributed by atoms with Crippen LogP contribution in [0.3, 0.4) is 0 Å². The van der Waals surface area contributed by atoms with E-state index in [9.17, 15) is 0 Å². The molecule has 1 heteroatoms. The standard InChI is InChI=1S/C6Cl/c1-2-3-4-5-6-7/q+1. The molecule has 0 nitrogen and oxygen atoms in total. The summed E-state index contributed by atoms with van der Waals surface area (Å²) in [5.74, 6) is 8.45. The number of hydrogen-bond acceptors (Lipinski definition) is 0. The third-order valence-electron chi connectivity index (χ3n) is 0.235. The van der Waals surface area contributed by atoms with Gasteiger partial charge in [0.1, 0.15) is 0 Å². The van der Waals surface area contributed by atoms with E-state index < -0.39 is 0 Å². The van der Waals surface area contributed by atoms with Gasteiger partial charge in [-0.05, 0) is 0 Å². The van der Waals surface area contributed by atoms with Crippen LogP contribution >= 0.6 is 11.6 Å². The van der Waals surface area contributed by atoms with Gasteiger partial charge in [0, 0.05) is 0 Å². The average molecular weight is 108 g/mol. The number of halogens is 1. The number of hydrogen-bond donors (Lipinski definition) is 0. The summed E-state index contributed by atoms with van der Waals surface area (Å²) in [6.07, 6.45) is 6.25. The van der Waals surface area contributed by atoms with Crippen molar-refractivity contribution in [3.63, 3.8) is 0 Å². The molecule has 30 valence electrons. The molecular weight excluding hydrogens is 108 g/mol. The second kappa shape index (κ2) is 5.19. The predicted octanol–water partition coefficient (Wildman–Crippen LogP) is 0.779. The van der Waals surface area contributed by atoms with Crippen LogP contribution in [0.2, 0.25) is 0 Å². The molecule has 0 aliphatic carbocycles. The molecule has 0 saturated heterocycles. The van der Waals surface area contributed by atoms with Crippen LogP contribution in [0.15, 0.2) is 0 Å². The van der Waals surface area contributed by atoms with Crippen molar-refractivity contribution in [2.24, 2.45) is 0 Å². The maximum atomic E-state index is 6.25. The Labute approximate surface area is 47.9 Å². The summed E-state index contributed by atoms with van der Waals surface area (Å²) in [5, 5.41) is 2.03. The van der Waals surface area contributed by atoms with E-state index in [0.29, 0.717) is 0 Å². The Morgan fingerprint density at radius 2 is 1.86 bits per heavy atom. The van der Waals surface area contributed by atoms with Gasteiger partial charge in [-0.3, -0.25) is 0 Å². The minimum absolute atomic E-state index is 1.83. The first-order chi connectivity index (χ1) is 3.41. The van der Waals surface area contributed by atoms with Gasteiger partial charge >= 0.3 is 47.1 Å². The fraction of sp³-hybridized carbons (Fsp3) is 0. The summed E-state index contributed by atoms with van der Waals surface area (Å²) in [4.78, 5) is 0. The van der Waals surface area contributed by atoms with Crippen molar-refractivity contribution in [3.8, 4) is 29.1 Å². The van der Waals surface area contributed by atoms with Crippen molar-refractivity contribution >= 4 is 11.6 Å². The van der Waals surface area contributed by atoms with Crippen LogP contribution in [0, 0.1) is 35.5 Å². The Balaban J connectivity index is 3.68. The van der Waals surface area contributed by atoms with Crippen molar-refractivity contribution in [2.75, 3.05) is 0 Å². The monoisotopic (exact) mass is 107 g/mol. The SMILES string of the molecule is [C+]#CC#CC#CCl. The molecule has 0 aromatic rings. The molecule has 0 aromatic carbocycles. The van der Waals surface area contributed by atoms with Gasteiger partial charge in [-0.25, -0.2) is 0 Å². The van der Waals surface area contributed by atoms with Crippen LogP contribution in [0.1, 0.15) is 0 Å². The maximum absolute atomic E-state index is 6.25. The van der Waals surface area contributed by atoms with E-state index in [1.807, 2.05) is 11.3 Å². The zero-order valence-corrected chi connectivity index (χ0v) is 4.13. The van der Waals surface area contributed by atoms with Crippen LogP contribution in [0.4, 0.5) is 0 Å². The summed E-state index contributed by atoms with van der Waals surface area (Å²) >= 11 is 4.88. The molecule has 0 bridgehead atoms. The number of rotatable bonds is 0. The molecule has 0 N–H and O–H groups in total. The Morgan fingerprint density at radius 1 is 1.14 bits per heavy atom. The fourth-order valence-electron chi connectivity index (χ4n) is 0.0861. The third-order valence-corrected chi connectivity index (χ3v) is 0.329. The first-order valence-corrected chi connectivity index (χ1v) is 1.82. The van der Waals surface area contributed by atoms with Crippen molar-refractivity contribution in [3.05, 3.63) is 6.42 Å². The molecule has 0 atom stereocenters. The normalized spacial score (nSPS) is 3.86. The molecule has 0 fully saturated rings. The van der Waals surface area contributed by atoms with Gasteiger partial charge < -0.3 is 0 Å². The Bertz CT molecular complexity index is 186. The molecule has 7 heavy (non-hydrogen) atoms. The van der Waals surface area contributed by atoms with E-state index in [1.54, 1.807) is 0 Å². The summed E-state index contributed by atoms with van der Waals surface area (Å²) in [6.45, 7) is 0. The summed E-state index contributed by atoms with van der Waals surface area (Å²) in [6, 6.07) is 0. The fourth-order valence-corrected chi connectivity index (χ4v) is 0.133. The molecule has 0 saturated carbocycles. The van der Waals surface area contributed by atoms with Gasteiger partial charge in [-0.15, -0.1) is 0 Å². The molecule has 0 rings (SSSR count). The van der Waals surface area contributed by atoms with E-state index in [1.165, 1.54) is 0 Å². The van der Waals surface area contributed by atoms with Gasteiger partial charge in [-0.2, -0.15) is 0 Å². The van der Waals surface area contributed by atoms with Crippen LogP contribution in [-0.4, -0.2) is 0 Å². The van der Waals surface area contributed by atoms with Crippen molar-refractivity contribution in [2.45, 2.75) is 0 Å². The second-order valence-corrected chi connectivity index (χ2v) is 0.783. The first kappa shape index (κ1) is 6.19. The average Bonchev–Trinajstić information content (AvgIpc) is 1.69. The van der Waals surface area contributed by atoms with Gasteiger partial charge in [0.2, 0.25) is 0 Å². The molecule has 0 aliphatic heterocycles. The Morgan fingerprint density at radius 3 is 2.29 bits per heavy atom. The van der Waals surface area contributed by atoms with Gasteiger partial charge in [0.05, 0.1) is 0 Å². The van der Waals surface area contributed by atoms with E-state index in [4.69, 9.17) is 18.0 Å². The van der Waals surface area contributed by atoms with Gasteiger partial charge in [-0.1, -0.05) is 0 Å². The topological polar surface area (TPSA) is 0 Å². The molecule has 0 aromatic heterocycles. The summed E-state index contributed by atoms with van der Waals surface area (Å²) in [5.41, 5.74) is 0. The van der Waals surface area contributed by atoms with Crippen LogP contribution in [0.5, 0.6) is 0 Å². The van der Waals surface area contributed by atoms with Crippen molar-refractivity contribution in [1.82, 2.24) is 0 Å². The van der Waals surface area contributed by atoms with Crippen LogP contribution < -0.4 is 0 Å². The quantitative estimate of drug-likeness (QED) is 0.317. The molecular formula is C6Cl+. The van der Waals surface area contributed by atoms with Gasteiger partial charge in [0.15, 0.2) is 0 Å². The predicted molar refractivity (Wildman–Crippen MR) is 28.5 cm³/mol. The molecule has 0 unspecified atom stereocenters. The molecule has 0 radical (unpaired) electrons. The van der Waals surface area contributed by atoms with Crippen LogP contribution in [-0.2, 0) is 0 Å². The van der Waals surface area contributed by atoms with E-state index >= 15 is 0 Å². The molecule has 0 heterocycles. The second-order valence-electron chi connectivity index (χ2n) is 0.594. The Hall–Kier alpha value is -0.810. The summed E-state index contributed by atoms with van der Waals surface area (Å²) < 4.78 is 0. The first-order valence-electron chi connectivity index (χ1n) is 1.44. The summed E-state index contributed by atoms with van der Waals surface area (Å²) in [7, 11) is 0. The molecule has 0 spiro atoms.